The molecular weight excluding hydrogens is 283 g/mol. The second-order valence-electron chi connectivity index (χ2n) is 3.40. The van der Waals surface area contributed by atoms with Crippen LogP contribution in [0, 0.1) is 5.82 Å². The van der Waals surface area contributed by atoms with Crippen molar-refractivity contribution in [1.29, 1.82) is 0 Å². The summed E-state index contributed by atoms with van der Waals surface area (Å²) < 4.78 is 39.2. The van der Waals surface area contributed by atoms with Crippen LogP contribution in [0.1, 0.15) is 0 Å². The molecule has 1 heterocycles. The fourth-order valence-electron chi connectivity index (χ4n) is 1.27. The van der Waals surface area contributed by atoms with Gasteiger partial charge in [-0.25, -0.2) is 12.8 Å². The summed E-state index contributed by atoms with van der Waals surface area (Å²) in [6.07, 6.45) is 2.62. The first kappa shape index (κ1) is 12.7. The van der Waals surface area contributed by atoms with Crippen LogP contribution in [0.2, 0.25) is 5.02 Å². The molecule has 1 aromatic heterocycles. The zero-order valence-electron chi connectivity index (χ0n) is 8.81. The average molecular weight is 291 g/mol. The molecule has 6 nitrogen and oxygen atoms in total. The Morgan fingerprint density at radius 3 is 2.78 bits per heavy atom. The zero-order valence-corrected chi connectivity index (χ0v) is 10.4. The lowest BCUT2D eigenvalue weighted by Gasteiger charge is -2.08. The fourth-order valence-corrected chi connectivity index (χ4v) is 2.85. The van der Waals surface area contributed by atoms with Gasteiger partial charge in [-0.1, -0.05) is 11.6 Å². The van der Waals surface area contributed by atoms with Crippen LogP contribution in [0.25, 0.3) is 0 Å². The van der Waals surface area contributed by atoms with Gasteiger partial charge in [-0.15, -0.1) is 0 Å². The van der Waals surface area contributed by atoms with Crippen molar-refractivity contribution in [2.24, 2.45) is 0 Å². The average Bonchev–Trinajstić information content (AvgIpc) is 2.75. The number of nitrogens with one attached hydrogen (secondary N) is 2. The molecule has 0 unspecified atom stereocenters. The number of aromatic amines is 1. The maximum Gasteiger partial charge on any atom is 0.263 e. The lowest BCUT2D eigenvalue weighted by molar-refractivity contribution is 0.600. The van der Waals surface area contributed by atoms with Crippen molar-refractivity contribution >= 4 is 33.0 Å². The molecule has 0 aliphatic carbocycles. The van der Waals surface area contributed by atoms with Crippen molar-refractivity contribution < 1.29 is 12.8 Å². The van der Waals surface area contributed by atoms with Gasteiger partial charge in [-0.3, -0.25) is 9.82 Å². The van der Waals surface area contributed by atoms with E-state index in [1.807, 2.05) is 0 Å². The number of rotatable bonds is 3. The van der Waals surface area contributed by atoms with Crippen LogP contribution in [0.15, 0.2) is 29.4 Å². The number of hydrogen-bond acceptors (Lipinski definition) is 4. The summed E-state index contributed by atoms with van der Waals surface area (Å²) in [5.74, 6) is -0.776. The Hall–Kier alpha value is -1.80. The van der Waals surface area contributed by atoms with Crippen LogP contribution in [0.4, 0.5) is 15.8 Å². The summed E-state index contributed by atoms with van der Waals surface area (Å²) in [7, 11) is -3.94. The molecule has 0 bridgehead atoms. The van der Waals surface area contributed by atoms with Crippen LogP contribution in [-0.4, -0.2) is 18.6 Å². The van der Waals surface area contributed by atoms with E-state index >= 15 is 0 Å². The quantitative estimate of drug-likeness (QED) is 0.747. The predicted molar refractivity (Wildman–Crippen MR) is 65.2 cm³/mol. The number of H-pyrrole nitrogens is 1. The van der Waals surface area contributed by atoms with Gasteiger partial charge in [0.2, 0.25) is 0 Å². The molecule has 96 valence electrons. The largest absolute Gasteiger partial charge is 0.396 e. The van der Waals surface area contributed by atoms with Gasteiger partial charge in [0.05, 0.1) is 22.6 Å². The minimum atomic E-state index is -3.94. The highest BCUT2D eigenvalue weighted by atomic mass is 35.5. The molecule has 0 aliphatic heterocycles. The standard InChI is InChI=1S/C9H8ClFN4O2S/c10-6-1-7(11)8(12)2-9(6)18(16,17)15-5-3-13-14-4-5/h1-4,15H,12H2,(H,13,14). The van der Waals surface area contributed by atoms with Gasteiger partial charge in [0.25, 0.3) is 10.0 Å². The zero-order chi connectivity index (χ0) is 13.3. The van der Waals surface area contributed by atoms with Gasteiger partial charge in [0.15, 0.2) is 0 Å². The van der Waals surface area contributed by atoms with Gasteiger partial charge in [-0.2, -0.15) is 5.10 Å². The first-order valence-electron chi connectivity index (χ1n) is 4.66. The minimum absolute atomic E-state index is 0.231. The number of nitrogen functional groups attached to an aromatic ring is 1. The molecular formula is C9H8ClFN4O2S. The molecule has 9 heteroatoms. The monoisotopic (exact) mass is 290 g/mol. The van der Waals surface area contributed by atoms with Crippen molar-refractivity contribution in [3.63, 3.8) is 0 Å². The normalized spacial score (nSPS) is 11.4. The summed E-state index contributed by atoms with van der Waals surface area (Å²) in [5.41, 5.74) is 5.25. The highest BCUT2D eigenvalue weighted by Gasteiger charge is 2.20. The summed E-state index contributed by atoms with van der Waals surface area (Å²) in [6, 6.07) is 1.81. The minimum Gasteiger partial charge on any atom is -0.396 e. The lowest BCUT2D eigenvalue weighted by Crippen LogP contribution is -2.13. The van der Waals surface area contributed by atoms with E-state index in [1.54, 1.807) is 0 Å². The summed E-state index contributed by atoms with van der Waals surface area (Å²) in [6.45, 7) is 0. The molecule has 0 radical (unpaired) electrons. The predicted octanol–water partition coefficient (Wildman–Crippen LogP) is 1.59. The third kappa shape index (κ3) is 2.39. The van der Waals surface area contributed by atoms with Crippen molar-refractivity contribution in [3.8, 4) is 0 Å². The van der Waals surface area contributed by atoms with Gasteiger partial charge < -0.3 is 5.73 Å². The van der Waals surface area contributed by atoms with Gasteiger partial charge in [0, 0.05) is 6.20 Å². The molecule has 4 N–H and O–H groups in total. The third-order valence-electron chi connectivity index (χ3n) is 2.09. The highest BCUT2D eigenvalue weighted by molar-refractivity contribution is 7.92. The molecule has 18 heavy (non-hydrogen) atoms. The SMILES string of the molecule is Nc1cc(S(=O)(=O)Nc2cn[nH]c2)c(Cl)cc1F. The van der Waals surface area contributed by atoms with Crippen LogP contribution < -0.4 is 10.5 Å². The van der Waals surface area contributed by atoms with Crippen molar-refractivity contribution in [1.82, 2.24) is 10.2 Å². The molecule has 2 aromatic rings. The lowest BCUT2D eigenvalue weighted by atomic mass is 10.3. The smallest absolute Gasteiger partial charge is 0.263 e. The number of sulfonamides is 1. The summed E-state index contributed by atoms with van der Waals surface area (Å²) in [4.78, 5) is -0.302. The van der Waals surface area contributed by atoms with E-state index in [1.165, 1.54) is 12.4 Å². The Labute approximate surface area is 107 Å². The van der Waals surface area contributed by atoms with Gasteiger partial charge in [-0.05, 0) is 12.1 Å². The Kier molecular flexibility index (Phi) is 3.14. The maximum absolute atomic E-state index is 13.1. The second-order valence-corrected chi connectivity index (χ2v) is 5.45. The van der Waals surface area contributed by atoms with Crippen LogP contribution in [0.5, 0.6) is 0 Å². The topological polar surface area (TPSA) is 101 Å². The molecule has 1 aromatic carbocycles. The highest BCUT2D eigenvalue weighted by Crippen LogP contribution is 2.27. The van der Waals surface area contributed by atoms with Crippen LogP contribution in [0.3, 0.4) is 0 Å². The van der Waals surface area contributed by atoms with E-state index in [2.05, 4.69) is 14.9 Å². The Bertz CT molecular complexity index is 672. The third-order valence-corrected chi connectivity index (χ3v) is 3.94. The van der Waals surface area contributed by atoms with Crippen molar-refractivity contribution in [3.05, 3.63) is 35.4 Å². The molecule has 0 amide bonds. The number of benzene rings is 1. The van der Waals surface area contributed by atoms with E-state index in [9.17, 15) is 12.8 Å². The number of nitrogens with two attached hydrogens (primary N) is 1. The Morgan fingerprint density at radius 1 is 1.44 bits per heavy atom. The summed E-state index contributed by atoms with van der Waals surface area (Å²) in [5, 5.41) is 5.78. The number of halogens is 2. The van der Waals surface area contributed by atoms with E-state index in [0.29, 0.717) is 0 Å². The van der Waals surface area contributed by atoms with E-state index in [4.69, 9.17) is 17.3 Å². The van der Waals surface area contributed by atoms with E-state index < -0.39 is 15.8 Å². The van der Waals surface area contributed by atoms with Gasteiger partial charge >= 0.3 is 0 Å². The number of aromatic nitrogens is 2. The van der Waals surface area contributed by atoms with Crippen molar-refractivity contribution in [2.75, 3.05) is 10.5 Å². The summed E-state index contributed by atoms with van der Waals surface area (Å²) >= 11 is 5.69. The Morgan fingerprint density at radius 2 is 2.17 bits per heavy atom. The number of anilines is 2. The number of nitrogens with zero attached hydrogens (tertiary/aromatic N) is 1. The maximum atomic E-state index is 13.1. The first-order chi connectivity index (χ1) is 8.40. The first-order valence-corrected chi connectivity index (χ1v) is 6.52. The second kappa shape index (κ2) is 4.46. The van der Waals surface area contributed by atoms with Crippen molar-refractivity contribution in [2.45, 2.75) is 4.90 Å². The molecule has 0 saturated heterocycles. The number of hydrogen-bond donors (Lipinski definition) is 3. The van der Waals surface area contributed by atoms with Crippen LogP contribution >= 0.6 is 11.6 Å². The fraction of sp³-hybridized carbons (Fsp3) is 0. The Balaban J connectivity index is 2.44. The molecule has 0 spiro atoms. The molecule has 0 aliphatic rings. The molecule has 2 rings (SSSR count). The molecule has 0 saturated carbocycles. The van der Waals surface area contributed by atoms with Gasteiger partial charge in [0.1, 0.15) is 10.7 Å². The molecule has 0 fully saturated rings. The van der Waals surface area contributed by atoms with E-state index in [-0.39, 0.29) is 21.3 Å². The van der Waals surface area contributed by atoms with Crippen LogP contribution in [-0.2, 0) is 10.0 Å². The molecule has 0 atom stereocenters. The van der Waals surface area contributed by atoms with E-state index in [0.717, 1.165) is 12.1 Å².